The highest BCUT2D eigenvalue weighted by Gasteiger charge is 2.50. The van der Waals surface area contributed by atoms with Gasteiger partial charge in [0, 0.05) is 13.1 Å². The van der Waals surface area contributed by atoms with Crippen molar-refractivity contribution in [2.24, 2.45) is 10.3 Å². The third-order valence-electron chi connectivity index (χ3n) is 6.45. The number of sulfonamides is 1. The first-order valence-electron chi connectivity index (χ1n) is 9.80. The van der Waals surface area contributed by atoms with E-state index >= 15 is 0 Å². The summed E-state index contributed by atoms with van der Waals surface area (Å²) in [4.78, 5) is 2.25. The molecular weight excluding hydrogens is 356 g/mol. The quantitative estimate of drug-likeness (QED) is 0.795. The average Bonchev–Trinajstić information content (AvgIpc) is 2.69. The molecule has 1 saturated carbocycles. The molecule has 2 aromatic rings. The van der Waals surface area contributed by atoms with Crippen LogP contribution in [-0.2, 0) is 15.4 Å². The van der Waals surface area contributed by atoms with Gasteiger partial charge in [-0.3, -0.25) is 0 Å². The molecule has 2 unspecified atom stereocenters. The van der Waals surface area contributed by atoms with Crippen molar-refractivity contribution in [2.75, 3.05) is 18.8 Å². The van der Waals surface area contributed by atoms with Crippen molar-refractivity contribution in [1.82, 2.24) is 4.90 Å². The molecule has 1 saturated heterocycles. The molecule has 2 fully saturated rings. The van der Waals surface area contributed by atoms with E-state index in [9.17, 15) is 8.42 Å². The highest BCUT2D eigenvalue weighted by atomic mass is 32.2. The lowest BCUT2D eigenvalue weighted by atomic mass is 9.62. The van der Waals surface area contributed by atoms with Crippen LogP contribution >= 0.6 is 0 Å². The molecule has 0 spiro atoms. The lowest BCUT2D eigenvalue weighted by molar-refractivity contribution is 0.175. The molecule has 2 atom stereocenters. The van der Waals surface area contributed by atoms with Crippen molar-refractivity contribution >= 4 is 15.9 Å². The van der Waals surface area contributed by atoms with Crippen LogP contribution in [0.2, 0.25) is 0 Å². The van der Waals surface area contributed by atoms with Gasteiger partial charge in [0.2, 0.25) is 0 Å². The summed E-state index contributed by atoms with van der Waals surface area (Å²) in [6, 6.07) is 19.1. The zero-order valence-corrected chi connectivity index (χ0v) is 16.2. The van der Waals surface area contributed by atoms with Crippen molar-refractivity contribution in [3.63, 3.8) is 0 Å². The van der Waals surface area contributed by atoms with E-state index in [-0.39, 0.29) is 11.2 Å². The van der Waals surface area contributed by atoms with Crippen LogP contribution in [0.15, 0.2) is 59.0 Å². The van der Waals surface area contributed by atoms with E-state index in [0.29, 0.717) is 12.5 Å². The molecule has 0 N–H and O–H groups in total. The van der Waals surface area contributed by atoms with Crippen molar-refractivity contribution in [3.05, 3.63) is 60.2 Å². The standard InChI is InChI=1S/C22H24N2O2S/c25-27(26)14-13-24-16-17-5-4-12-22(15-17,21(24)23-27)20-10-8-19(9-11-20)18-6-2-1-3-7-18/h1-3,6-11,17H,4-5,12-16H2. The Kier molecular flexibility index (Phi) is 3.90. The normalized spacial score (nSPS) is 29.0. The fourth-order valence-corrected chi connectivity index (χ4v) is 6.29. The largest absolute Gasteiger partial charge is 0.357 e. The van der Waals surface area contributed by atoms with Crippen LogP contribution < -0.4 is 0 Å². The maximum absolute atomic E-state index is 12.3. The Morgan fingerprint density at radius 3 is 2.52 bits per heavy atom. The molecule has 0 aromatic heterocycles. The maximum atomic E-state index is 12.3. The first kappa shape index (κ1) is 17.0. The SMILES string of the molecule is O=S1(=O)CCN2CC3CCCC(c4ccc(-c5ccccc5)cc4)(C3)C2=N1. The van der Waals surface area contributed by atoms with Gasteiger partial charge < -0.3 is 4.90 Å². The van der Waals surface area contributed by atoms with Gasteiger partial charge in [-0.15, -0.1) is 4.40 Å². The van der Waals surface area contributed by atoms with Crippen LogP contribution in [0, 0.1) is 5.92 Å². The van der Waals surface area contributed by atoms with Gasteiger partial charge in [-0.25, -0.2) is 8.42 Å². The Morgan fingerprint density at radius 1 is 1.00 bits per heavy atom. The van der Waals surface area contributed by atoms with Gasteiger partial charge in [0.15, 0.2) is 0 Å². The zero-order valence-electron chi connectivity index (χ0n) is 15.3. The molecule has 0 radical (unpaired) electrons. The van der Waals surface area contributed by atoms with Gasteiger partial charge in [0.25, 0.3) is 10.0 Å². The van der Waals surface area contributed by atoms with E-state index < -0.39 is 10.0 Å². The van der Waals surface area contributed by atoms with Gasteiger partial charge >= 0.3 is 0 Å². The summed E-state index contributed by atoms with van der Waals surface area (Å²) in [6.07, 6.45) is 4.37. The van der Waals surface area contributed by atoms with Crippen molar-refractivity contribution in [2.45, 2.75) is 31.1 Å². The van der Waals surface area contributed by atoms with Gasteiger partial charge in [-0.2, -0.15) is 0 Å². The minimum atomic E-state index is -3.34. The second-order valence-electron chi connectivity index (χ2n) is 8.13. The zero-order chi connectivity index (χ0) is 18.5. The minimum absolute atomic E-state index is 0.145. The summed E-state index contributed by atoms with van der Waals surface area (Å²) in [5.41, 5.74) is 3.36. The molecule has 3 aliphatic rings. The van der Waals surface area contributed by atoms with Crippen LogP contribution in [0.5, 0.6) is 0 Å². The summed E-state index contributed by atoms with van der Waals surface area (Å²) in [7, 11) is -3.34. The Hall–Kier alpha value is -2.14. The van der Waals surface area contributed by atoms with Gasteiger partial charge in [0.1, 0.15) is 5.84 Å². The fourth-order valence-electron chi connectivity index (χ4n) is 5.20. The number of benzene rings is 2. The van der Waals surface area contributed by atoms with E-state index in [1.54, 1.807) is 0 Å². The monoisotopic (exact) mass is 380 g/mol. The van der Waals surface area contributed by atoms with Crippen LogP contribution in [0.4, 0.5) is 0 Å². The van der Waals surface area contributed by atoms with E-state index in [0.717, 1.165) is 31.6 Å². The number of hydrogen-bond donors (Lipinski definition) is 0. The van der Waals surface area contributed by atoms with Gasteiger partial charge in [-0.05, 0) is 41.9 Å². The van der Waals surface area contributed by atoms with Crippen molar-refractivity contribution in [1.29, 1.82) is 0 Å². The number of piperidine rings is 1. The smallest absolute Gasteiger partial charge is 0.256 e. The second-order valence-corrected chi connectivity index (χ2v) is 9.89. The summed E-state index contributed by atoms with van der Waals surface area (Å²) in [5.74, 6) is 1.58. The second kappa shape index (κ2) is 6.20. The lowest BCUT2D eigenvalue weighted by Crippen LogP contribution is -2.59. The van der Waals surface area contributed by atoms with E-state index in [4.69, 9.17) is 0 Å². The first-order valence-corrected chi connectivity index (χ1v) is 11.4. The molecule has 2 aliphatic heterocycles. The molecular formula is C22H24N2O2S. The fraction of sp³-hybridized carbons (Fsp3) is 0.409. The minimum Gasteiger partial charge on any atom is -0.357 e. The Balaban J connectivity index is 1.59. The molecule has 5 heteroatoms. The van der Waals surface area contributed by atoms with Gasteiger partial charge in [-0.1, -0.05) is 61.0 Å². The molecule has 4 nitrogen and oxygen atoms in total. The lowest BCUT2D eigenvalue weighted by Gasteiger charge is -2.52. The van der Waals surface area contributed by atoms with Crippen LogP contribution in [0.25, 0.3) is 11.1 Å². The number of rotatable bonds is 2. The number of nitrogens with zero attached hydrogens (tertiary/aromatic N) is 2. The highest BCUT2D eigenvalue weighted by Crippen LogP contribution is 2.48. The van der Waals surface area contributed by atoms with Crippen LogP contribution in [0.3, 0.4) is 0 Å². The molecule has 2 heterocycles. The summed E-state index contributed by atoms with van der Waals surface area (Å²) >= 11 is 0. The predicted molar refractivity (Wildman–Crippen MR) is 108 cm³/mol. The Morgan fingerprint density at radius 2 is 1.74 bits per heavy atom. The summed E-state index contributed by atoms with van der Waals surface area (Å²) < 4.78 is 28.8. The van der Waals surface area contributed by atoms with Crippen molar-refractivity contribution in [3.8, 4) is 11.1 Å². The van der Waals surface area contributed by atoms with Crippen LogP contribution in [0.1, 0.15) is 31.2 Å². The average molecular weight is 381 g/mol. The molecule has 1 aliphatic carbocycles. The van der Waals surface area contributed by atoms with E-state index in [2.05, 4.69) is 45.7 Å². The Bertz CT molecular complexity index is 983. The van der Waals surface area contributed by atoms with E-state index in [1.807, 2.05) is 18.2 Å². The maximum Gasteiger partial charge on any atom is 0.256 e. The van der Waals surface area contributed by atoms with Gasteiger partial charge in [0.05, 0.1) is 11.2 Å². The number of hydrogen-bond acceptors (Lipinski definition) is 3. The topological polar surface area (TPSA) is 49.7 Å². The van der Waals surface area contributed by atoms with Crippen LogP contribution in [-0.4, -0.2) is 38.0 Å². The summed E-state index contributed by atoms with van der Waals surface area (Å²) in [6.45, 7) is 1.54. The first-order chi connectivity index (χ1) is 13.1. The molecule has 0 amide bonds. The third kappa shape index (κ3) is 2.89. The Labute approximate surface area is 161 Å². The molecule has 27 heavy (non-hydrogen) atoms. The predicted octanol–water partition coefficient (Wildman–Crippen LogP) is 3.84. The van der Waals surface area contributed by atoms with Crippen molar-refractivity contribution < 1.29 is 8.42 Å². The number of amidine groups is 1. The summed E-state index contributed by atoms with van der Waals surface area (Å²) in [5, 5.41) is 0. The number of fused-ring (bicyclic) bond motifs is 4. The molecule has 2 bridgehead atoms. The molecule has 140 valence electrons. The highest BCUT2D eigenvalue weighted by molar-refractivity contribution is 7.90. The molecule has 5 rings (SSSR count). The third-order valence-corrected chi connectivity index (χ3v) is 7.60. The molecule has 2 aromatic carbocycles. The van der Waals surface area contributed by atoms with E-state index in [1.165, 1.54) is 23.1 Å².